The number of H-pyrrole nitrogens is 1. The van der Waals surface area contributed by atoms with Crippen LogP contribution in [0.25, 0.3) is 10.9 Å². The summed E-state index contributed by atoms with van der Waals surface area (Å²) in [5, 5.41) is 10.4. The van der Waals surface area contributed by atoms with E-state index in [2.05, 4.69) is 15.5 Å². The lowest BCUT2D eigenvalue weighted by molar-refractivity contribution is 0.0571. The molecule has 1 aromatic carbocycles. The zero-order valence-electron chi connectivity index (χ0n) is 15.5. The van der Waals surface area contributed by atoms with E-state index in [1.54, 1.807) is 0 Å². The molecule has 1 aromatic heterocycles. The Morgan fingerprint density at radius 3 is 2.70 bits per heavy atom. The van der Waals surface area contributed by atoms with Gasteiger partial charge in [-0.15, -0.1) is 0 Å². The van der Waals surface area contributed by atoms with Crippen molar-refractivity contribution >= 4 is 27.0 Å². The normalized spacial score (nSPS) is 16.3. The zero-order valence-corrected chi connectivity index (χ0v) is 16.3. The predicted octanol–water partition coefficient (Wildman–Crippen LogP) is 0.580. The Balaban J connectivity index is 1.67. The quantitative estimate of drug-likeness (QED) is 0.713. The lowest BCUT2D eigenvalue weighted by atomic mass is 10.1. The molecule has 0 saturated carbocycles. The van der Waals surface area contributed by atoms with Crippen LogP contribution < -0.4 is 5.32 Å². The minimum absolute atomic E-state index is 0.130. The minimum atomic E-state index is -3.59. The molecule has 0 aliphatic carbocycles. The number of nitrogens with one attached hydrogen (secondary N) is 2. The molecule has 0 atom stereocenters. The van der Waals surface area contributed by atoms with Crippen molar-refractivity contribution in [2.45, 2.75) is 18.9 Å². The highest BCUT2D eigenvalue weighted by Crippen LogP contribution is 2.19. The van der Waals surface area contributed by atoms with E-state index in [4.69, 9.17) is 4.74 Å². The zero-order chi connectivity index (χ0) is 19.4. The van der Waals surface area contributed by atoms with E-state index in [1.165, 1.54) is 22.7 Å². The highest BCUT2D eigenvalue weighted by molar-refractivity contribution is 7.86. The van der Waals surface area contributed by atoms with E-state index in [-0.39, 0.29) is 25.0 Å². The molecule has 2 aromatic rings. The minimum Gasteiger partial charge on any atom is -0.381 e. The van der Waals surface area contributed by atoms with Crippen LogP contribution in [0.15, 0.2) is 24.3 Å². The summed E-state index contributed by atoms with van der Waals surface area (Å²) in [6.07, 6.45) is 1.29. The van der Waals surface area contributed by atoms with Gasteiger partial charge in [0.15, 0.2) is 5.69 Å². The molecule has 148 valence electrons. The second-order valence-corrected chi connectivity index (χ2v) is 8.71. The fourth-order valence-electron chi connectivity index (χ4n) is 3.17. The summed E-state index contributed by atoms with van der Waals surface area (Å²) >= 11 is 0. The molecular formula is C17H25N5O4S. The summed E-state index contributed by atoms with van der Waals surface area (Å²) in [5.74, 6) is -0.332. The van der Waals surface area contributed by atoms with Crippen molar-refractivity contribution in [3.05, 3.63) is 30.0 Å². The monoisotopic (exact) mass is 395 g/mol. The molecule has 9 nitrogen and oxygen atoms in total. The number of aromatic nitrogens is 2. The summed E-state index contributed by atoms with van der Waals surface area (Å²) in [7, 11) is -0.567. The van der Waals surface area contributed by atoms with Crippen molar-refractivity contribution in [1.29, 1.82) is 0 Å². The second-order valence-electron chi connectivity index (χ2n) is 6.62. The van der Waals surface area contributed by atoms with Crippen molar-refractivity contribution in [3.8, 4) is 0 Å². The summed E-state index contributed by atoms with van der Waals surface area (Å²) in [6, 6.07) is 7.23. The first-order chi connectivity index (χ1) is 12.9. The van der Waals surface area contributed by atoms with E-state index in [1.807, 2.05) is 24.3 Å². The van der Waals surface area contributed by atoms with Crippen LogP contribution in [0.5, 0.6) is 0 Å². The molecule has 1 amide bonds. The number of nitrogens with zero attached hydrogens (tertiary/aromatic N) is 3. The van der Waals surface area contributed by atoms with Gasteiger partial charge in [-0.25, -0.2) is 0 Å². The smallest absolute Gasteiger partial charge is 0.281 e. The Labute approximate surface area is 158 Å². The fourth-order valence-corrected chi connectivity index (χ4v) is 4.50. The third kappa shape index (κ3) is 4.29. The molecule has 27 heavy (non-hydrogen) atoms. The van der Waals surface area contributed by atoms with Crippen molar-refractivity contribution in [2.75, 3.05) is 40.4 Å². The highest BCUT2D eigenvalue weighted by Gasteiger charge is 2.32. The molecule has 3 rings (SSSR count). The molecule has 0 radical (unpaired) electrons. The number of benzene rings is 1. The topological polar surface area (TPSA) is 108 Å². The molecule has 2 heterocycles. The van der Waals surface area contributed by atoms with Gasteiger partial charge in [-0.2, -0.15) is 22.1 Å². The molecule has 2 N–H and O–H groups in total. The van der Waals surface area contributed by atoms with Crippen LogP contribution in [0.2, 0.25) is 0 Å². The number of para-hydroxylation sites is 1. The molecule has 1 fully saturated rings. The fraction of sp³-hybridized carbons (Fsp3) is 0.529. The molecule has 0 unspecified atom stereocenters. The van der Waals surface area contributed by atoms with Crippen molar-refractivity contribution in [3.63, 3.8) is 0 Å². The van der Waals surface area contributed by atoms with E-state index in [0.717, 1.165) is 10.9 Å². The first-order valence-electron chi connectivity index (χ1n) is 8.89. The van der Waals surface area contributed by atoms with Gasteiger partial charge in [-0.3, -0.25) is 9.89 Å². The molecule has 10 heteroatoms. The van der Waals surface area contributed by atoms with Crippen molar-refractivity contribution in [2.24, 2.45) is 0 Å². The van der Waals surface area contributed by atoms with Gasteiger partial charge >= 0.3 is 0 Å². The average Bonchev–Trinajstić information content (AvgIpc) is 3.09. The third-order valence-corrected chi connectivity index (χ3v) is 6.66. The molecule has 0 bridgehead atoms. The Hall–Kier alpha value is -2.01. The molecule has 1 aliphatic heterocycles. The van der Waals surface area contributed by atoms with E-state index in [9.17, 15) is 13.2 Å². The SMILES string of the molecule is CN(C)S(=O)(=O)N(CCNC(=O)c1n[nH]c2ccccc12)C1CCOCC1. The lowest BCUT2D eigenvalue weighted by Gasteiger charge is -2.34. The van der Waals surface area contributed by atoms with Crippen LogP contribution in [0, 0.1) is 0 Å². The largest absolute Gasteiger partial charge is 0.381 e. The van der Waals surface area contributed by atoms with Crippen LogP contribution in [0.1, 0.15) is 23.3 Å². The number of carbonyl (C=O) groups is 1. The Morgan fingerprint density at radius 1 is 1.30 bits per heavy atom. The number of fused-ring (bicyclic) bond motifs is 1. The van der Waals surface area contributed by atoms with Gasteiger partial charge in [0.05, 0.1) is 5.52 Å². The summed E-state index contributed by atoms with van der Waals surface area (Å²) in [5.41, 5.74) is 1.08. The van der Waals surface area contributed by atoms with Gasteiger partial charge in [0, 0.05) is 51.8 Å². The lowest BCUT2D eigenvalue weighted by Crippen LogP contribution is -2.50. The van der Waals surface area contributed by atoms with Crippen LogP contribution in [-0.2, 0) is 14.9 Å². The first-order valence-corrected chi connectivity index (χ1v) is 10.3. The number of hydrogen-bond acceptors (Lipinski definition) is 5. The van der Waals surface area contributed by atoms with Crippen molar-refractivity contribution < 1.29 is 17.9 Å². The maximum atomic E-state index is 12.7. The predicted molar refractivity (Wildman–Crippen MR) is 102 cm³/mol. The number of aromatic amines is 1. The Bertz CT molecular complexity index is 890. The van der Waals surface area contributed by atoms with Crippen LogP contribution in [0.3, 0.4) is 0 Å². The number of ether oxygens (including phenoxy) is 1. The second kappa shape index (κ2) is 8.34. The number of hydrogen-bond donors (Lipinski definition) is 2. The van der Waals surface area contributed by atoms with E-state index < -0.39 is 10.2 Å². The highest BCUT2D eigenvalue weighted by atomic mass is 32.2. The number of amides is 1. The van der Waals surface area contributed by atoms with Gasteiger partial charge in [0.25, 0.3) is 16.1 Å². The molecule has 0 spiro atoms. The maximum absolute atomic E-state index is 12.7. The van der Waals surface area contributed by atoms with Crippen LogP contribution >= 0.6 is 0 Å². The van der Waals surface area contributed by atoms with Crippen LogP contribution in [0.4, 0.5) is 0 Å². The van der Waals surface area contributed by atoms with E-state index in [0.29, 0.717) is 31.7 Å². The van der Waals surface area contributed by atoms with Gasteiger partial charge in [-0.05, 0) is 18.9 Å². The number of rotatable bonds is 7. The third-order valence-electron chi connectivity index (χ3n) is 4.66. The van der Waals surface area contributed by atoms with Gasteiger partial charge in [0.2, 0.25) is 0 Å². The Morgan fingerprint density at radius 2 is 2.00 bits per heavy atom. The van der Waals surface area contributed by atoms with Crippen LogP contribution in [-0.4, -0.2) is 79.6 Å². The molecule has 1 aliphatic rings. The van der Waals surface area contributed by atoms with Gasteiger partial charge in [-0.1, -0.05) is 18.2 Å². The van der Waals surface area contributed by atoms with Gasteiger partial charge in [0.1, 0.15) is 0 Å². The summed E-state index contributed by atoms with van der Waals surface area (Å²) in [4.78, 5) is 12.5. The van der Waals surface area contributed by atoms with Crippen molar-refractivity contribution in [1.82, 2.24) is 24.1 Å². The average molecular weight is 395 g/mol. The molecular weight excluding hydrogens is 370 g/mol. The number of carbonyl (C=O) groups excluding carboxylic acids is 1. The summed E-state index contributed by atoms with van der Waals surface area (Å²) < 4.78 is 33.4. The maximum Gasteiger partial charge on any atom is 0.281 e. The first kappa shape index (κ1) is 19.7. The Kier molecular flexibility index (Phi) is 6.10. The van der Waals surface area contributed by atoms with E-state index >= 15 is 0 Å². The summed E-state index contributed by atoms with van der Waals surface area (Å²) in [6.45, 7) is 1.47. The standard InChI is InChI=1S/C17H25N5O4S/c1-21(2)27(24,25)22(13-7-11-26-12-8-13)10-9-18-17(23)16-14-5-3-4-6-15(14)19-20-16/h3-6,13H,7-12H2,1-2H3,(H,18,23)(H,19,20). The van der Waals surface area contributed by atoms with Gasteiger partial charge < -0.3 is 10.1 Å². The molecule has 1 saturated heterocycles.